The highest BCUT2D eigenvalue weighted by Crippen LogP contribution is 2.34. The summed E-state index contributed by atoms with van der Waals surface area (Å²) in [6.45, 7) is 1.92. The second kappa shape index (κ2) is 5.73. The van der Waals surface area contributed by atoms with E-state index < -0.39 is 0 Å². The predicted octanol–water partition coefficient (Wildman–Crippen LogP) is 4.89. The van der Waals surface area contributed by atoms with Gasteiger partial charge < -0.3 is 9.32 Å². The van der Waals surface area contributed by atoms with Gasteiger partial charge in [-0.3, -0.25) is 4.79 Å². The van der Waals surface area contributed by atoms with E-state index >= 15 is 0 Å². The first kappa shape index (κ1) is 14.9. The monoisotopic (exact) mass is 347 g/mol. The Morgan fingerprint density at radius 1 is 1.09 bits per heavy atom. The zero-order chi connectivity index (χ0) is 16.0. The molecule has 3 aliphatic heterocycles. The van der Waals surface area contributed by atoms with Crippen LogP contribution in [0.4, 0.5) is 0 Å². The third-order valence-corrected chi connectivity index (χ3v) is 5.31. The number of furan rings is 1. The van der Waals surface area contributed by atoms with Gasteiger partial charge in [0.1, 0.15) is 11.5 Å². The zero-order valence-corrected chi connectivity index (χ0v) is 13.9. The minimum absolute atomic E-state index is 0.191. The van der Waals surface area contributed by atoms with Crippen LogP contribution in [0.1, 0.15) is 18.6 Å². The van der Waals surface area contributed by atoms with Crippen LogP contribution in [0.15, 0.2) is 40.4 Å². The molecule has 2 aromatic rings. The third-order valence-electron chi connectivity index (χ3n) is 4.57. The fourth-order valence-corrected chi connectivity index (χ4v) is 3.58. The van der Waals surface area contributed by atoms with Crippen LogP contribution in [0.2, 0.25) is 10.0 Å². The second-order valence-electron chi connectivity index (χ2n) is 5.99. The summed E-state index contributed by atoms with van der Waals surface area (Å²) >= 11 is 12.0. The number of carbonyl (C=O) groups is 1. The van der Waals surface area contributed by atoms with Crippen molar-refractivity contribution in [1.82, 2.24) is 4.90 Å². The average Bonchev–Trinajstić information content (AvgIpc) is 3.02. The van der Waals surface area contributed by atoms with Crippen molar-refractivity contribution >= 4 is 35.1 Å². The number of hydrogen-bond donors (Lipinski definition) is 0. The van der Waals surface area contributed by atoms with Crippen molar-refractivity contribution in [2.45, 2.75) is 12.8 Å². The van der Waals surface area contributed by atoms with Crippen LogP contribution < -0.4 is 0 Å². The third kappa shape index (κ3) is 2.68. The number of hydrogen-bond acceptors (Lipinski definition) is 3. The fraction of sp³-hybridized carbons (Fsp3) is 0.278. The van der Waals surface area contributed by atoms with Crippen LogP contribution in [0.5, 0.6) is 0 Å². The molecule has 3 nitrogen and oxygen atoms in total. The Kier molecular flexibility index (Phi) is 3.70. The zero-order valence-electron chi connectivity index (χ0n) is 12.4. The number of Topliss-reactive ketones (excluding diaryl/α,β-unsaturated/α-hetero) is 1. The normalized spacial score (nSPS) is 19.8. The van der Waals surface area contributed by atoms with E-state index in [1.807, 2.05) is 24.3 Å². The molecule has 0 unspecified atom stereocenters. The Morgan fingerprint density at radius 3 is 2.57 bits per heavy atom. The number of allylic oxidation sites excluding steroid dienone is 1. The largest absolute Gasteiger partial charge is 0.457 e. The molecule has 0 aliphatic carbocycles. The van der Waals surface area contributed by atoms with E-state index in [1.54, 1.807) is 12.1 Å². The van der Waals surface area contributed by atoms with Crippen LogP contribution in [-0.2, 0) is 4.79 Å². The number of ketones is 1. The maximum Gasteiger partial charge on any atom is 0.182 e. The Labute approximate surface area is 144 Å². The first-order valence-electron chi connectivity index (χ1n) is 7.68. The fourth-order valence-electron chi connectivity index (χ4n) is 3.28. The van der Waals surface area contributed by atoms with Crippen molar-refractivity contribution in [2.24, 2.45) is 5.92 Å². The van der Waals surface area contributed by atoms with E-state index in [1.165, 1.54) is 0 Å². The van der Waals surface area contributed by atoms with Crippen molar-refractivity contribution < 1.29 is 9.21 Å². The molecule has 4 heterocycles. The van der Waals surface area contributed by atoms with E-state index in [-0.39, 0.29) is 11.7 Å². The number of benzene rings is 1. The van der Waals surface area contributed by atoms with Crippen molar-refractivity contribution in [3.05, 3.63) is 51.8 Å². The quantitative estimate of drug-likeness (QED) is 0.725. The average molecular weight is 348 g/mol. The second-order valence-corrected chi connectivity index (χ2v) is 6.80. The summed E-state index contributed by atoms with van der Waals surface area (Å²) < 4.78 is 5.87. The highest BCUT2D eigenvalue weighted by Gasteiger charge is 2.36. The Bertz CT molecular complexity index is 801. The molecule has 1 aromatic heterocycles. The summed E-state index contributed by atoms with van der Waals surface area (Å²) in [6.07, 6.45) is 3.81. The van der Waals surface area contributed by atoms with E-state index in [2.05, 4.69) is 4.90 Å². The molecule has 3 saturated heterocycles. The lowest BCUT2D eigenvalue weighted by molar-refractivity contribution is -0.125. The van der Waals surface area contributed by atoms with Gasteiger partial charge in [0.25, 0.3) is 0 Å². The summed E-state index contributed by atoms with van der Waals surface area (Å²) in [5, 5.41) is 1.01. The number of fused-ring (bicyclic) bond motifs is 3. The van der Waals surface area contributed by atoms with Gasteiger partial charge in [0.15, 0.2) is 5.78 Å². The first-order chi connectivity index (χ1) is 11.1. The SMILES string of the molecule is O=C1/C(=C\c2ccc(-c3ccc(Cl)c(Cl)c3)o2)N2CCC1CC2. The van der Waals surface area contributed by atoms with E-state index in [0.29, 0.717) is 21.6 Å². The molecular weight excluding hydrogens is 333 g/mol. The van der Waals surface area contributed by atoms with Gasteiger partial charge in [-0.25, -0.2) is 0 Å². The maximum atomic E-state index is 12.4. The highest BCUT2D eigenvalue weighted by molar-refractivity contribution is 6.42. The molecule has 5 rings (SSSR count). The van der Waals surface area contributed by atoms with Crippen molar-refractivity contribution in [3.8, 4) is 11.3 Å². The van der Waals surface area contributed by atoms with Gasteiger partial charge >= 0.3 is 0 Å². The molecule has 0 spiro atoms. The Hall–Kier alpha value is -1.71. The van der Waals surface area contributed by atoms with Crippen LogP contribution >= 0.6 is 23.2 Å². The van der Waals surface area contributed by atoms with E-state index in [9.17, 15) is 4.79 Å². The highest BCUT2D eigenvalue weighted by atomic mass is 35.5. The number of halogens is 2. The topological polar surface area (TPSA) is 33.5 Å². The van der Waals surface area contributed by atoms with Gasteiger partial charge in [0.2, 0.25) is 0 Å². The van der Waals surface area contributed by atoms with Gasteiger partial charge in [0, 0.05) is 30.6 Å². The van der Waals surface area contributed by atoms with Crippen LogP contribution in [0, 0.1) is 5.92 Å². The molecular formula is C18H15Cl2NO2. The number of piperidine rings is 3. The minimum atomic E-state index is 0.191. The summed E-state index contributed by atoms with van der Waals surface area (Å²) in [5.41, 5.74) is 1.64. The van der Waals surface area contributed by atoms with Crippen LogP contribution in [-0.4, -0.2) is 23.8 Å². The maximum absolute atomic E-state index is 12.4. The van der Waals surface area contributed by atoms with Gasteiger partial charge in [-0.2, -0.15) is 0 Å². The van der Waals surface area contributed by atoms with Crippen molar-refractivity contribution in [2.75, 3.05) is 13.1 Å². The molecule has 3 fully saturated rings. The molecule has 1 aromatic carbocycles. The van der Waals surface area contributed by atoms with E-state index in [0.717, 1.165) is 37.2 Å². The molecule has 118 valence electrons. The Balaban J connectivity index is 1.64. The molecule has 0 N–H and O–H groups in total. The Morgan fingerprint density at radius 2 is 1.87 bits per heavy atom. The standard InChI is InChI=1S/C18H15Cl2NO2/c19-14-3-1-12(9-15(14)20)17-4-2-13(23-17)10-16-18(22)11-5-7-21(16)8-6-11/h1-4,9-11H,5-8H2/b16-10+. The van der Waals surface area contributed by atoms with Gasteiger partial charge in [-0.1, -0.05) is 23.2 Å². The summed E-state index contributed by atoms with van der Waals surface area (Å²) in [5.74, 6) is 1.83. The molecule has 23 heavy (non-hydrogen) atoms. The predicted molar refractivity (Wildman–Crippen MR) is 91.4 cm³/mol. The van der Waals surface area contributed by atoms with Gasteiger partial charge in [-0.05, 0) is 43.2 Å². The summed E-state index contributed by atoms with van der Waals surface area (Å²) in [4.78, 5) is 14.5. The van der Waals surface area contributed by atoms with Crippen LogP contribution in [0.3, 0.4) is 0 Å². The molecule has 0 radical (unpaired) electrons. The smallest absolute Gasteiger partial charge is 0.182 e. The lowest BCUT2D eigenvalue weighted by Crippen LogP contribution is -2.45. The molecule has 0 saturated carbocycles. The van der Waals surface area contributed by atoms with Crippen molar-refractivity contribution in [1.29, 1.82) is 0 Å². The van der Waals surface area contributed by atoms with Crippen molar-refractivity contribution in [3.63, 3.8) is 0 Å². The van der Waals surface area contributed by atoms with Crippen LogP contribution in [0.25, 0.3) is 17.4 Å². The van der Waals surface area contributed by atoms with Gasteiger partial charge in [0.05, 0.1) is 15.7 Å². The first-order valence-corrected chi connectivity index (χ1v) is 8.43. The lowest BCUT2D eigenvalue weighted by atomic mass is 9.84. The molecule has 0 amide bonds. The molecule has 5 heteroatoms. The van der Waals surface area contributed by atoms with E-state index in [4.69, 9.17) is 27.6 Å². The van der Waals surface area contributed by atoms with Gasteiger partial charge in [-0.15, -0.1) is 0 Å². The molecule has 0 atom stereocenters. The molecule has 2 bridgehead atoms. The minimum Gasteiger partial charge on any atom is -0.457 e. The summed E-state index contributed by atoms with van der Waals surface area (Å²) in [6, 6.07) is 9.14. The lowest BCUT2D eigenvalue weighted by Gasteiger charge is -2.40. The number of rotatable bonds is 2. The number of nitrogens with zero attached hydrogens (tertiary/aromatic N) is 1. The number of carbonyl (C=O) groups excluding carboxylic acids is 1. The molecule has 3 aliphatic rings. The summed E-state index contributed by atoms with van der Waals surface area (Å²) in [7, 11) is 0.